The molecule has 4 heteroatoms. The summed E-state index contributed by atoms with van der Waals surface area (Å²) < 4.78 is 5.46. The van der Waals surface area contributed by atoms with E-state index in [2.05, 4.69) is 66.3 Å². The van der Waals surface area contributed by atoms with Crippen LogP contribution in [0.2, 0.25) is 0 Å². The molecule has 0 saturated carbocycles. The number of ether oxygens (including phenoxy) is 1. The quantitative estimate of drug-likeness (QED) is 0.779. The molecule has 0 spiro atoms. The minimum Gasteiger partial charge on any atom is -0.381 e. The average molecular weight is 335 g/mol. The van der Waals surface area contributed by atoms with Gasteiger partial charge in [0.2, 0.25) is 0 Å². The molecule has 0 bridgehead atoms. The third kappa shape index (κ3) is 3.60. The van der Waals surface area contributed by atoms with Crippen molar-refractivity contribution in [3.63, 3.8) is 0 Å². The number of fused-ring (bicyclic) bond motifs is 1. The second kappa shape index (κ2) is 6.98. The Morgan fingerprint density at radius 2 is 1.88 bits per heavy atom. The molecule has 1 aromatic heterocycles. The SMILES string of the molecule is Cc1ccc2[nH]c(-c3ccc(CN(C)C4CCOCC4)cc3)nc2c1. The van der Waals surface area contributed by atoms with Crippen LogP contribution in [0.5, 0.6) is 0 Å². The average Bonchev–Trinajstić information content (AvgIpc) is 3.06. The van der Waals surface area contributed by atoms with Crippen LogP contribution in [0.25, 0.3) is 22.4 Å². The maximum atomic E-state index is 5.46. The minimum atomic E-state index is 0.632. The van der Waals surface area contributed by atoms with E-state index < -0.39 is 0 Å². The van der Waals surface area contributed by atoms with Crippen molar-refractivity contribution in [3.05, 3.63) is 53.6 Å². The highest BCUT2D eigenvalue weighted by atomic mass is 16.5. The van der Waals surface area contributed by atoms with Crippen molar-refractivity contribution in [1.29, 1.82) is 0 Å². The van der Waals surface area contributed by atoms with Gasteiger partial charge in [-0.1, -0.05) is 30.3 Å². The van der Waals surface area contributed by atoms with Gasteiger partial charge in [0.15, 0.2) is 0 Å². The third-order valence-corrected chi connectivity index (χ3v) is 5.11. The fourth-order valence-corrected chi connectivity index (χ4v) is 3.56. The number of imidazole rings is 1. The molecule has 130 valence electrons. The highest BCUT2D eigenvalue weighted by Gasteiger charge is 2.18. The Bertz CT molecular complexity index is 847. The molecule has 0 aliphatic carbocycles. The van der Waals surface area contributed by atoms with Crippen molar-refractivity contribution in [2.24, 2.45) is 0 Å². The fourth-order valence-electron chi connectivity index (χ4n) is 3.56. The second-order valence-corrected chi connectivity index (χ2v) is 7.06. The number of aromatic amines is 1. The predicted molar refractivity (Wildman–Crippen MR) is 102 cm³/mol. The molecular formula is C21H25N3O. The summed E-state index contributed by atoms with van der Waals surface area (Å²) in [5.74, 6) is 0.935. The zero-order valence-electron chi connectivity index (χ0n) is 15.0. The Morgan fingerprint density at radius 1 is 1.12 bits per heavy atom. The number of H-pyrrole nitrogens is 1. The lowest BCUT2D eigenvalue weighted by Gasteiger charge is -2.31. The Morgan fingerprint density at radius 3 is 2.64 bits per heavy atom. The molecule has 1 saturated heterocycles. The van der Waals surface area contributed by atoms with E-state index in [9.17, 15) is 0 Å². The molecule has 1 fully saturated rings. The van der Waals surface area contributed by atoms with Crippen LogP contribution in [0.3, 0.4) is 0 Å². The topological polar surface area (TPSA) is 41.2 Å². The zero-order valence-corrected chi connectivity index (χ0v) is 15.0. The van der Waals surface area contributed by atoms with Gasteiger partial charge in [-0.05, 0) is 50.1 Å². The maximum absolute atomic E-state index is 5.46. The van der Waals surface area contributed by atoms with E-state index >= 15 is 0 Å². The Kier molecular flexibility index (Phi) is 4.55. The number of nitrogens with one attached hydrogen (secondary N) is 1. The monoisotopic (exact) mass is 335 g/mol. The number of hydrogen-bond donors (Lipinski definition) is 1. The molecule has 4 rings (SSSR count). The summed E-state index contributed by atoms with van der Waals surface area (Å²) in [7, 11) is 2.21. The first kappa shape index (κ1) is 16.3. The molecule has 25 heavy (non-hydrogen) atoms. The summed E-state index contributed by atoms with van der Waals surface area (Å²) in [4.78, 5) is 10.6. The number of benzene rings is 2. The number of aryl methyl sites for hydroxylation is 1. The first-order valence-corrected chi connectivity index (χ1v) is 9.03. The van der Waals surface area contributed by atoms with E-state index in [1.54, 1.807) is 0 Å². The molecule has 0 atom stereocenters. The lowest BCUT2D eigenvalue weighted by Crippen LogP contribution is -2.36. The van der Waals surface area contributed by atoms with Gasteiger partial charge in [-0.2, -0.15) is 0 Å². The van der Waals surface area contributed by atoms with Gasteiger partial charge in [-0.25, -0.2) is 4.98 Å². The molecule has 2 aromatic carbocycles. The van der Waals surface area contributed by atoms with Crippen molar-refractivity contribution < 1.29 is 4.74 Å². The molecule has 0 radical (unpaired) electrons. The van der Waals surface area contributed by atoms with Crippen molar-refractivity contribution in [3.8, 4) is 11.4 Å². The van der Waals surface area contributed by atoms with Crippen molar-refractivity contribution in [2.45, 2.75) is 32.4 Å². The highest BCUT2D eigenvalue weighted by Crippen LogP contribution is 2.22. The number of aromatic nitrogens is 2. The van der Waals surface area contributed by atoms with Gasteiger partial charge in [-0.3, -0.25) is 4.90 Å². The standard InChI is InChI=1S/C21H25N3O/c1-15-3-8-19-20(13-15)23-21(22-19)17-6-4-16(5-7-17)14-24(2)18-9-11-25-12-10-18/h3-8,13,18H,9-12,14H2,1-2H3,(H,22,23). The van der Waals surface area contributed by atoms with Crippen molar-refractivity contribution >= 4 is 11.0 Å². The molecular weight excluding hydrogens is 310 g/mol. The van der Waals surface area contributed by atoms with Crippen LogP contribution in [-0.4, -0.2) is 41.2 Å². The maximum Gasteiger partial charge on any atom is 0.138 e. The molecule has 4 nitrogen and oxygen atoms in total. The summed E-state index contributed by atoms with van der Waals surface area (Å²) in [6.45, 7) is 4.85. The molecule has 0 unspecified atom stereocenters. The minimum absolute atomic E-state index is 0.632. The Labute approximate surface area is 148 Å². The smallest absolute Gasteiger partial charge is 0.138 e. The Hall–Kier alpha value is -2.17. The van der Waals surface area contributed by atoms with Crippen LogP contribution in [0, 0.1) is 6.92 Å². The van der Waals surface area contributed by atoms with Gasteiger partial charge in [0.05, 0.1) is 11.0 Å². The summed E-state index contributed by atoms with van der Waals surface area (Å²) in [6, 6.07) is 15.7. The van der Waals surface area contributed by atoms with Crippen LogP contribution < -0.4 is 0 Å². The van der Waals surface area contributed by atoms with E-state index in [1.165, 1.54) is 11.1 Å². The normalized spacial score (nSPS) is 16.0. The van der Waals surface area contributed by atoms with Gasteiger partial charge < -0.3 is 9.72 Å². The number of hydrogen-bond acceptors (Lipinski definition) is 3. The zero-order chi connectivity index (χ0) is 17.2. The van der Waals surface area contributed by atoms with Gasteiger partial charge in [0.1, 0.15) is 5.82 Å². The molecule has 1 aliphatic heterocycles. The van der Waals surface area contributed by atoms with Gasteiger partial charge in [-0.15, -0.1) is 0 Å². The summed E-state index contributed by atoms with van der Waals surface area (Å²) in [5, 5.41) is 0. The number of rotatable bonds is 4. The van der Waals surface area contributed by atoms with E-state index in [-0.39, 0.29) is 0 Å². The second-order valence-electron chi connectivity index (χ2n) is 7.06. The fraction of sp³-hybridized carbons (Fsp3) is 0.381. The van der Waals surface area contributed by atoms with Gasteiger partial charge in [0.25, 0.3) is 0 Å². The van der Waals surface area contributed by atoms with E-state index in [1.807, 2.05) is 0 Å². The van der Waals surface area contributed by atoms with Crippen LogP contribution in [0.1, 0.15) is 24.0 Å². The van der Waals surface area contributed by atoms with Crippen molar-refractivity contribution in [2.75, 3.05) is 20.3 Å². The molecule has 0 amide bonds. The largest absolute Gasteiger partial charge is 0.381 e. The molecule has 1 N–H and O–H groups in total. The van der Waals surface area contributed by atoms with E-state index in [0.717, 1.165) is 55.0 Å². The van der Waals surface area contributed by atoms with Crippen molar-refractivity contribution in [1.82, 2.24) is 14.9 Å². The predicted octanol–water partition coefficient (Wildman–Crippen LogP) is 4.15. The van der Waals surface area contributed by atoms with E-state index in [0.29, 0.717) is 6.04 Å². The summed E-state index contributed by atoms with van der Waals surface area (Å²) in [5.41, 5.74) is 5.82. The highest BCUT2D eigenvalue weighted by molar-refractivity contribution is 5.79. The van der Waals surface area contributed by atoms with Crippen LogP contribution >= 0.6 is 0 Å². The summed E-state index contributed by atoms with van der Waals surface area (Å²) in [6.07, 6.45) is 2.26. The van der Waals surface area contributed by atoms with Crippen LogP contribution in [0.15, 0.2) is 42.5 Å². The summed E-state index contributed by atoms with van der Waals surface area (Å²) >= 11 is 0. The Balaban J connectivity index is 1.48. The molecule has 3 aromatic rings. The molecule has 2 heterocycles. The van der Waals surface area contributed by atoms with Gasteiger partial charge >= 0.3 is 0 Å². The molecule has 1 aliphatic rings. The third-order valence-electron chi connectivity index (χ3n) is 5.11. The lowest BCUT2D eigenvalue weighted by molar-refractivity contribution is 0.0407. The first-order chi connectivity index (χ1) is 12.2. The van der Waals surface area contributed by atoms with Crippen LogP contribution in [0.4, 0.5) is 0 Å². The lowest BCUT2D eigenvalue weighted by atomic mass is 10.1. The van der Waals surface area contributed by atoms with E-state index in [4.69, 9.17) is 9.72 Å². The number of nitrogens with zero attached hydrogens (tertiary/aromatic N) is 2. The first-order valence-electron chi connectivity index (χ1n) is 9.03. The van der Waals surface area contributed by atoms with Gasteiger partial charge in [0, 0.05) is 31.4 Å². The van der Waals surface area contributed by atoms with Crippen LogP contribution in [-0.2, 0) is 11.3 Å².